The molecule has 0 aromatic carbocycles. The molecule has 0 aliphatic rings. The molecule has 1 unspecified atom stereocenters. The molecular weight excluding hydrogens is 973 g/mol. The predicted octanol–water partition coefficient (Wildman–Crippen LogP) is 23.9. The summed E-state index contributed by atoms with van der Waals surface area (Å²) >= 11 is 0. The molecule has 0 aromatic rings. The van der Waals surface area contributed by atoms with E-state index in [4.69, 9.17) is 14.2 Å². The Hall–Kier alpha value is -2.89. The predicted molar refractivity (Wildman–Crippen MR) is 344 cm³/mol. The lowest BCUT2D eigenvalue weighted by molar-refractivity contribution is -0.167. The SMILES string of the molecule is CC/C=C\C/C=C\C/C=C\C/C=C\CCCCC(=O)OC(COC(=O)CCCCCCC/C=C\CCCCCC)COC(=O)CCCCCCCCCCCCCCCCCCCCCCCCCCCCCCCCCCC. The summed E-state index contributed by atoms with van der Waals surface area (Å²) in [7, 11) is 0. The number of allylic oxidation sites excluding steroid dienone is 10. The number of hydrogen-bond acceptors (Lipinski definition) is 6. The van der Waals surface area contributed by atoms with Crippen LogP contribution in [-0.4, -0.2) is 37.2 Å². The monoisotopic (exact) mass is 1110 g/mol. The first-order chi connectivity index (χ1) is 39.0. The molecule has 0 rings (SSSR count). The third-order valence-corrected chi connectivity index (χ3v) is 15.5. The van der Waals surface area contributed by atoms with Crippen LogP contribution < -0.4 is 0 Å². The molecule has 0 bridgehead atoms. The third-order valence-electron chi connectivity index (χ3n) is 15.5. The van der Waals surface area contributed by atoms with Gasteiger partial charge < -0.3 is 14.2 Å². The maximum Gasteiger partial charge on any atom is 0.306 e. The van der Waals surface area contributed by atoms with E-state index in [1.807, 2.05) is 0 Å². The van der Waals surface area contributed by atoms with E-state index >= 15 is 0 Å². The Kier molecular flexibility index (Phi) is 65.1. The molecule has 0 spiro atoms. The van der Waals surface area contributed by atoms with Crippen molar-refractivity contribution >= 4 is 17.9 Å². The lowest BCUT2D eigenvalue weighted by Crippen LogP contribution is -2.30. The van der Waals surface area contributed by atoms with Gasteiger partial charge in [0.25, 0.3) is 0 Å². The summed E-state index contributed by atoms with van der Waals surface area (Å²) in [6, 6.07) is 0. The van der Waals surface area contributed by atoms with Crippen LogP contribution in [0.2, 0.25) is 0 Å². The summed E-state index contributed by atoms with van der Waals surface area (Å²) < 4.78 is 16.9. The van der Waals surface area contributed by atoms with Gasteiger partial charge in [-0.1, -0.05) is 326 Å². The van der Waals surface area contributed by atoms with Crippen LogP contribution in [0.25, 0.3) is 0 Å². The summed E-state index contributed by atoms with van der Waals surface area (Å²) in [6.45, 7) is 6.52. The van der Waals surface area contributed by atoms with Gasteiger partial charge in [0, 0.05) is 19.3 Å². The van der Waals surface area contributed by atoms with Crippen molar-refractivity contribution in [2.45, 2.75) is 374 Å². The molecule has 6 nitrogen and oxygen atoms in total. The van der Waals surface area contributed by atoms with Crippen molar-refractivity contribution < 1.29 is 28.6 Å². The van der Waals surface area contributed by atoms with Crippen LogP contribution in [0.4, 0.5) is 0 Å². The van der Waals surface area contributed by atoms with Crippen LogP contribution in [0.1, 0.15) is 367 Å². The van der Waals surface area contributed by atoms with Gasteiger partial charge in [0.15, 0.2) is 6.10 Å². The summed E-state index contributed by atoms with van der Waals surface area (Å²) in [5, 5.41) is 0. The zero-order chi connectivity index (χ0) is 57.1. The minimum Gasteiger partial charge on any atom is -0.462 e. The highest BCUT2D eigenvalue weighted by molar-refractivity contribution is 5.71. The van der Waals surface area contributed by atoms with E-state index in [0.29, 0.717) is 19.3 Å². The molecular formula is C73H132O6. The van der Waals surface area contributed by atoms with E-state index in [1.54, 1.807) is 0 Å². The van der Waals surface area contributed by atoms with Gasteiger partial charge in [-0.05, 0) is 83.5 Å². The van der Waals surface area contributed by atoms with Gasteiger partial charge in [0.2, 0.25) is 0 Å². The van der Waals surface area contributed by atoms with E-state index in [0.717, 1.165) is 83.5 Å². The van der Waals surface area contributed by atoms with Gasteiger partial charge in [0.1, 0.15) is 13.2 Å². The second kappa shape index (κ2) is 67.6. The molecule has 1 atom stereocenters. The van der Waals surface area contributed by atoms with Gasteiger partial charge in [-0.25, -0.2) is 0 Å². The Morgan fingerprint density at radius 1 is 0.266 bits per heavy atom. The minimum atomic E-state index is -0.799. The zero-order valence-electron chi connectivity index (χ0n) is 52.9. The quantitative estimate of drug-likeness (QED) is 0.0261. The Bertz CT molecular complexity index is 1410. The van der Waals surface area contributed by atoms with Gasteiger partial charge in [-0.15, -0.1) is 0 Å². The normalized spacial score (nSPS) is 12.4. The smallest absolute Gasteiger partial charge is 0.306 e. The van der Waals surface area contributed by atoms with Crippen molar-refractivity contribution in [3.05, 3.63) is 60.8 Å². The maximum atomic E-state index is 12.9. The van der Waals surface area contributed by atoms with E-state index in [9.17, 15) is 14.4 Å². The summed E-state index contributed by atoms with van der Waals surface area (Å²) in [5.41, 5.74) is 0. The zero-order valence-corrected chi connectivity index (χ0v) is 52.9. The van der Waals surface area contributed by atoms with Crippen molar-refractivity contribution in [3.8, 4) is 0 Å². The fraction of sp³-hybridized carbons (Fsp3) is 0.822. The highest BCUT2D eigenvalue weighted by Crippen LogP contribution is 2.18. The number of unbranched alkanes of at least 4 members (excludes halogenated alkanes) is 43. The number of rotatable bonds is 64. The number of hydrogen-bond donors (Lipinski definition) is 0. The Labute approximate surface area is 491 Å². The molecule has 0 aliphatic carbocycles. The van der Waals surface area contributed by atoms with Gasteiger partial charge in [-0.2, -0.15) is 0 Å². The fourth-order valence-electron chi connectivity index (χ4n) is 10.3. The highest BCUT2D eigenvalue weighted by Gasteiger charge is 2.19. The van der Waals surface area contributed by atoms with Crippen molar-refractivity contribution in [2.24, 2.45) is 0 Å². The molecule has 0 radical (unpaired) electrons. The second-order valence-corrected chi connectivity index (χ2v) is 23.4. The van der Waals surface area contributed by atoms with E-state index in [1.165, 1.54) is 238 Å². The van der Waals surface area contributed by atoms with Gasteiger partial charge in [-0.3, -0.25) is 14.4 Å². The Balaban J connectivity index is 4.11. The molecule has 0 aliphatic heterocycles. The lowest BCUT2D eigenvalue weighted by atomic mass is 10.0. The fourth-order valence-corrected chi connectivity index (χ4v) is 10.3. The molecule has 0 saturated carbocycles. The van der Waals surface area contributed by atoms with Crippen molar-refractivity contribution in [3.63, 3.8) is 0 Å². The van der Waals surface area contributed by atoms with E-state index < -0.39 is 6.10 Å². The molecule has 0 fully saturated rings. The highest BCUT2D eigenvalue weighted by atomic mass is 16.6. The lowest BCUT2D eigenvalue weighted by Gasteiger charge is -2.18. The number of carbonyl (C=O) groups excluding carboxylic acids is 3. The van der Waals surface area contributed by atoms with Crippen LogP contribution in [0.3, 0.4) is 0 Å². The van der Waals surface area contributed by atoms with E-state index in [-0.39, 0.29) is 37.5 Å². The molecule has 0 saturated heterocycles. The van der Waals surface area contributed by atoms with Crippen molar-refractivity contribution in [2.75, 3.05) is 13.2 Å². The van der Waals surface area contributed by atoms with E-state index in [2.05, 4.69) is 81.5 Å². The average Bonchev–Trinajstić information content (AvgIpc) is 3.45. The largest absolute Gasteiger partial charge is 0.462 e. The molecule has 6 heteroatoms. The summed E-state index contributed by atoms with van der Waals surface area (Å²) in [5.74, 6) is -0.925. The van der Waals surface area contributed by atoms with Crippen LogP contribution in [-0.2, 0) is 28.6 Å². The van der Waals surface area contributed by atoms with Gasteiger partial charge in [0.05, 0.1) is 0 Å². The first kappa shape index (κ1) is 76.1. The number of esters is 3. The van der Waals surface area contributed by atoms with Crippen LogP contribution in [0.5, 0.6) is 0 Å². The first-order valence-corrected chi connectivity index (χ1v) is 34.8. The second-order valence-electron chi connectivity index (χ2n) is 23.4. The van der Waals surface area contributed by atoms with Crippen molar-refractivity contribution in [1.82, 2.24) is 0 Å². The number of ether oxygens (including phenoxy) is 3. The van der Waals surface area contributed by atoms with Crippen LogP contribution >= 0.6 is 0 Å². The third kappa shape index (κ3) is 65.8. The maximum absolute atomic E-state index is 12.9. The molecule has 79 heavy (non-hydrogen) atoms. The minimum absolute atomic E-state index is 0.0906. The average molecular weight is 1110 g/mol. The Morgan fingerprint density at radius 3 is 0.823 bits per heavy atom. The van der Waals surface area contributed by atoms with Crippen LogP contribution in [0, 0.1) is 0 Å². The molecule has 460 valence electrons. The molecule has 0 aromatic heterocycles. The van der Waals surface area contributed by atoms with Crippen molar-refractivity contribution in [1.29, 1.82) is 0 Å². The summed E-state index contributed by atoms with van der Waals surface area (Å²) in [4.78, 5) is 38.3. The summed E-state index contributed by atoms with van der Waals surface area (Å²) in [6.07, 6.45) is 87.1. The first-order valence-electron chi connectivity index (χ1n) is 34.8. The molecule has 0 heterocycles. The molecule has 0 amide bonds. The van der Waals surface area contributed by atoms with Crippen LogP contribution in [0.15, 0.2) is 60.8 Å². The van der Waals surface area contributed by atoms with Gasteiger partial charge >= 0.3 is 17.9 Å². The number of carbonyl (C=O) groups is 3. The standard InChI is InChI=1S/C73H132O6/c1-4-7-10-13-16-19-22-25-27-28-29-30-31-32-33-34-35-36-37-38-39-40-41-42-43-44-46-48-51-54-57-60-63-66-72(75)78-69-70(68-77-71(74)65-62-59-56-53-50-47-24-21-18-15-12-9-6-3)79-73(76)67-64-61-58-55-52-49-45-26-23-20-17-14-11-8-5-2/h8,11,17,20-21,24,26,45,52,55,70H,4-7,9-10,12-16,18-19,22-23,25,27-44,46-51,53-54,56-69H2,1-3H3/b11-8-,20-17-,24-21-,45-26-,55-52-. The molecule has 0 N–H and O–H groups in total. The topological polar surface area (TPSA) is 78.9 Å². The Morgan fingerprint density at radius 2 is 0.494 bits per heavy atom.